The second kappa shape index (κ2) is 6.95. The smallest absolute Gasteiger partial charge is 0.342 e. The van der Waals surface area contributed by atoms with Gasteiger partial charge >= 0.3 is 5.97 Å². The number of carbonyl (C=O) groups is 3. The number of primary amides is 1. The van der Waals surface area contributed by atoms with Crippen molar-refractivity contribution in [1.82, 2.24) is 0 Å². The average molecular weight is 376 g/mol. The number of hydrogen-bond acceptors (Lipinski definition) is 6. The molecule has 0 spiro atoms. The van der Waals surface area contributed by atoms with E-state index in [1.54, 1.807) is 19.9 Å². The molecule has 0 saturated heterocycles. The van der Waals surface area contributed by atoms with Gasteiger partial charge in [0.15, 0.2) is 6.10 Å². The van der Waals surface area contributed by atoms with Crippen LogP contribution in [0.4, 0.5) is 5.00 Å². The molecule has 0 aromatic carbocycles. The summed E-state index contributed by atoms with van der Waals surface area (Å²) in [6.45, 7) is 4.85. The molecule has 8 heteroatoms. The monoisotopic (exact) mass is 376 g/mol. The van der Waals surface area contributed by atoms with Crippen molar-refractivity contribution < 1.29 is 23.5 Å². The topological polar surface area (TPSA) is 112 Å². The van der Waals surface area contributed by atoms with Gasteiger partial charge in [0.2, 0.25) is 0 Å². The number of hydrogen-bond donors (Lipinski definition) is 2. The molecule has 0 bridgehead atoms. The fourth-order valence-corrected chi connectivity index (χ4v) is 4.38. The third-order valence-electron chi connectivity index (χ3n) is 4.32. The summed E-state index contributed by atoms with van der Waals surface area (Å²) in [5.41, 5.74) is 7.06. The SMILES string of the molecule is Cc1cc(C(=O)O[C@H](C)C(=O)Nc2sc3c(c2C(N)=O)CCC3)c(C)o1. The Morgan fingerprint density at radius 3 is 2.65 bits per heavy atom. The standard InChI is InChI=1S/C18H20N2O5S/c1-8-7-12(9(2)24-8)18(23)25-10(3)16(22)20-17-14(15(19)21)11-5-4-6-13(11)26-17/h7,10H,4-6H2,1-3H3,(H2,19,21)(H,20,22)/t10-/m1/s1. The lowest BCUT2D eigenvalue weighted by atomic mass is 10.1. The number of nitrogens with two attached hydrogens (primary N) is 1. The molecule has 2 heterocycles. The van der Waals surface area contributed by atoms with Crippen molar-refractivity contribution in [1.29, 1.82) is 0 Å². The van der Waals surface area contributed by atoms with E-state index in [1.165, 1.54) is 18.3 Å². The summed E-state index contributed by atoms with van der Waals surface area (Å²) < 4.78 is 10.5. The number of amides is 2. The first-order valence-electron chi connectivity index (χ1n) is 8.31. The summed E-state index contributed by atoms with van der Waals surface area (Å²) in [5.74, 6) is -0.685. The van der Waals surface area contributed by atoms with Gasteiger partial charge in [0.25, 0.3) is 11.8 Å². The third kappa shape index (κ3) is 3.37. The van der Waals surface area contributed by atoms with Gasteiger partial charge in [-0.15, -0.1) is 11.3 Å². The predicted octanol–water partition coefficient (Wildman–Crippen LogP) is 2.73. The minimum atomic E-state index is -1.03. The Morgan fingerprint density at radius 2 is 2.04 bits per heavy atom. The van der Waals surface area contributed by atoms with E-state index in [0.29, 0.717) is 22.1 Å². The fourth-order valence-electron chi connectivity index (χ4n) is 3.08. The van der Waals surface area contributed by atoms with Gasteiger partial charge in [-0.2, -0.15) is 0 Å². The highest BCUT2D eigenvalue weighted by Gasteiger charge is 2.28. The summed E-state index contributed by atoms with van der Waals surface area (Å²) in [4.78, 5) is 37.5. The Morgan fingerprint density at radius 1 is 1.31 bits per heavy atom. The molecule has 138 valence electrons. The lowest BCUT2D eigenvalue weighted by Crippen LogP contribution is -2.30. The molecule has 2 aromatic heterocycles. The number of nitrogens with one attached hydrogen (secondary N) is 1. The van der Waals surface area contributed by atoms with Gasteiger partial charge in [-0.1, -0.05) is 0 Å². The molecule has 1 atom stereocenters. The van der Waals surface area contributed by atoms with Crippen molar-refractivity contribution in [3.63, 3.8) is 0 Å². The molecule has 0 radical (unpaired) electrons. The van der Waals surface area contributed by atoms with Crippen LogP contribution < -0.4 is 11.1 Å². The summed E-state index contributed by atoms with van der Waals surface area (Å²) in [5, 5.41) is 3.10. The Labute approximate surface area is 154 Å². The van der Waals surface area contributed by atoms with E-state index < -0.39 is 23.9 Å². The molecule has 1 aliphatic carbocycles. The molecule has 2 aromatic rings. The maximum Gasteiger partial charge on any atom is 0.342 e. The number of carbonyl (C=O) groups excluding carboxylic acids is 3. The molecule has 3 rings (SSSR count). The first-order valence-corrected chi connectivity index (χ1v) is 9.12. The molecule has 7 nitrogen and oxygen atoms in total. The van der Waals surface area contributed by atoms with E-state index in [2.05, 4.69) is 5.32 Å². The second-order valence-corrected chi connectivity index (χ2v) is 7.39. The number of aryl methyl sites for hydroxylation is 3. The predicted molar refractivity (Wildman–Crippen MR) is 96.6 cm³/mol. The lowest BCUT2D eigenvalue weighted by molar-refractivity contribution is -0.123. The Balaban J connectivity index is 1.71. The van der Waals surface area contributed by atoms with Crippen LogP contribution in [0.25, 0.3) is 0 Å². The second-order valence-electron chi connectivity index (χ2n) is 6.29. The molecule has 3 N–H and O–H groups in total. The van der Waals surface area contributed by atoms with Crippen molar-refractivity contribution in [2.75, 3.05) is 5.32 Å². The van der Waals surface area contributed by atoms with Gasteiger partial charge < -0.3 is 20.2 Å². The molecule has 2 amide bonds. The van der Waals surface area contributed by atoms with Gasteiger partial charge in [0.05, 0.1) is 5.56 Å². The number of thiophene rings is 1. The summed E-state index contributed by atoms with van der Waals surface area (Å²) in [7, 11) is 0. The van der Waals surface area contributed by atoms with E-state index >= 15 is 0 Å². The lowest BCUT2D eigenvalue weighted by Gasteiger charge is -2.13. The normalized spacial score (nSPS) is 14.0. The summed E-state index contributed by atoms with van der Waals surface area (Å²) >= 11 is 1.36. The van der Waals surface area contributed by atoms with Gasteiger partial charge in [-0.25, -0.2) is 4.79 Å². The first kappa shape index (κ1) is 18.2. The van der Waals surface area contributed by atoms with E-state index in [4.69, 9.17) is 14.9 Å². The minimum absolute atomic E-state index is 0.287. The first-order chi connectivity index (χ1) is 12.3. The van der Waals surface area contributed by atoms with Crippen molar-refractivity contribution in [3.05, 3.63) is 39.2 Å². The van der Waals surface area contributed by atoms with Crippen LogP contribution in [0.15, 0.2) is 10.5 Å². The van der Waals surface area contributed by atoms with Crippen LogP contribution in [0.1, 0.15) is 56.0 Å². The van der Waals surface area contributed by atoms with Gasteiger partial charge in [-0.05, 0) is 51.7 Å². The molecular formula is C18H20N2O5S. The highest BCUT2D eigenvalue weighted by Crippen LogP contribution is 2.38. The molecule has 0 aliphatic heterocycles. The van der Waals surface area contributed by atoms with E-state index in [0.717, 1.165) is 29.7 Å². The number of anilines is 1. The van der Waals surface area contributed by atoms with Crippen molar-refractivity contribution >= 4 is 34.1 Å². The third-order valence-corrected chi connectivity index (χ3v) is 5.53. The van der Waals surface area contributed by atoms with Gasteiger partial charge in [-0.3, -0.25) is 9.59 Å². The van der Waals surface area contributed by atoms with Crippen molar-refractivity contribution in [3.8, 4) is 0 Å². The highest BCUT2D eigenvalue weighted by atomic mass is 32.1. The van der Waals surface area contributed by atoms with E-state index in [9.17, 15) is 14.4 Å². The quantitative estimate of drug-likeness (QED) is 0.779. The Hall–Kier alpha value is -2.61. The van der Waals surface area contributed by atoms with Crippen LogP contribution in [0, 0.1) is 13.8 Å². The maximum absolute atomic E-state index is 12.4. The van der Waals surface area contributed by atoms with Crippen molar-refractivity contribution in [2.45, 2.75) is 46.1 Å². The fraction of sp³-hybridized carbons (Fsp3) is 0.389. The van der Waals surface area contributed by atoms with Crippen LogP contribution in [0.2, 0.25) is 0 Å². The van der Waals surface area contributed by atoms with Crippen LogP contribution in [-0.2, 0) is 22.4 Å². The van der Waals surface area contributed by atoms with Crippen LogP contribution in [-0.4, -0.2) is 23.9 Å². The highest BCUT2D eigenvalue weighted by molar-refractivity contribution is 7.17. The summed E-state index contributed by atoms with van der Waals surface area (Å²) in [6, 6.07) is 1.57. The number of furan rings is 1. The molecule has 0 fully saturated rings. The van der Waals surface area contributed by atoms with Crippen molar-refractivity contribution in [2.24, 2.45) is 5.73 Å². The Kier molecular flexibility index (Phi) is 4.86. The zero-order chi connectivity index (χ0) is 19.0. The van der Waals surface area contributed by atoms with E-state index in [-0.39, 0.29) is 5.56 Å². The van der Waals surface area contributed by atoms with Gasteiger partial charge in [0.1, 0.15) is 22.1 Å². The van der Waals surface area contributed by atoms with Crippen LogP contribution in [0.5, 0.6) is 0 Å². The molecule has 1 aliphatic rings. The number of ether oxygens (including phenoxy) is 1. The Bertz CT molecular complexity index is 896. The van der Waals surface area contributed by atoms with Crippen LogP contribution >= 0.6 is 11.3 Å². The largest absolute Gasteiger partial charge is 0.466 e. The average Bonchev–Trinajstić information content (AvgIpc) is 3.20. The number of rotatable bonds is 5. The number of fused-ring (bicyclic) bond motifs is 1. The maximum atomic E-state index is 12.4. The molecule has 0 saturated carbocycles. The number of esters is 1. The summed E-state index contributed by atoms with van der Waals surface area (Å²) in [6.07, 6.45) is 1.60. The molecular weight excluding hydrogens is 356 g/mol. The minimum Gasteiger partial charge on any atom is -0.466 e. The van der Waals surface area contributed by atoms with Crippen LogP contribution in [0.3, 0.4) is 0 Å². The molecule has 0 unspecified atom stereocenters. The zero-order valence-electron chi connectivity index (χ0n) is 14.8. The van der Waals surface area contributed by atoms with Gasteiger partial charge in [0, 0.05) is 4.88 Å². The zero-order valence-corrected chi connectivity index (χ0v) is 15.6. The molecule has 26 heavy (non-hydrogen) atoms. The van der Waals surface area contributed by atoms with E-state index in [1.807, 2.05) is 0 Å².